The third-order valence-corrected chi connectivity index (χ3v) is 6.64. The Labute approximate surface area is 196 Å². The van der Waals surface area contributed by atoms with Crippen molar-refractivity contribution in [3.05, 3.63) is 35.9 Å². The molecule has 2 aromatic rings. The third kappa shape index (κ3) is 5.93. The van der Waals surface area contributed by atoms with Crippen LogP contribution >= 0.6 is 0 Å². The first-order valence-corrected chi connectivity index (χ1v) is 12.0. The molecule has 1 aromatic heterocycles. The van der Waals surface area contributed by atoms with Crippen LogP contribution in [-0.2, 0) is 20.8 Å². The molecule has 0 aliphatic carbocycles. The maximum absolute atomic E-state index is 13.0. The van der Waals surface area contributed by atoms with Crippen LogP contribution in [0.25, 0.3) is 11.3 Å². The standard InChI is InChI=1S/C25H36N4O4/c1-20-8-6-7-11-29(20)25-22(24(26-33-25)21-9-4-3-5-10-21)18-28(23(30)19-31-2)13-12-27-14-16-32-17-15-27/h3-5,9-10,20H,6-8,11-19H2,1-2H3/t20-/m1/s1. The summed E-state index contributed by atoms with van der Waals surface area (Å²) in [6, 6.07) is 10.5. The molecule has 0 radical (unpaired) electrons. The van der Waals surface area contributed by atoms with E-state index in [1.165, 1.54) is 6.42 Å². The van der Waals surface area contributed by atoms with Crippen molar-refractivity contribution in [3.63, 3.8) is 0 Å². The molecule has 0 bridgehead atoms. The fourth-order valence-corrected chi connectivity index (χ4v) is 4.68. The van der Waals surface area contributed by atoms with Crippen LogP contribution in [0.5, 0.6) is 0 Å². The minimum Gasteiger partial charge on any atom is -0.379 e. The van der Waals surface area contributed by atoms with Crippen molar-refractivity contribution in [3.8, 4) is 11.3 Å². The van der Waals surface area contributed by atoms with Crippen LogP contribution in [0.4, 0.5) is 5.88 Å². The van der Waals surface area contributed by atoms with E-state index < -0.39 is 0 Å². The van der Waals surface area contributed by atoms with Gasteiger partial charge in [-0.05, 0) is 26.2 Å². The van der Waals surface area contributed by atoms with Gasteiger partial charge in [-0.15, -0.1) is 0 Å². The highest BCUT2D eigenvalue weighted by molar-refractivity contribution is 5.78. The van der Waals surface area contributed by atoms with E-state index in [9.17, 15) is 4.79 Å². The summed E-state index contributed by atoms with van der Waals surface area (Å²) in [7, 11) is 1.56. The predicted molar refractivity (Wildman–Crippen MR) is 127 cm³/mol. The number of piperidine rings is 1. The summed E-state index contributed by atoms with van der Waals surface area (Å²) in [5, 5.41) is 4.49. The van der Waals surface area contributed by atoms with Gasteiger partial charge in [0.25, 0.3) is 0 Å². The van der Waals surface area contributed by atoms with E-state index >= 15 is 0 Å². The van der Waals surface area contributed by atoms with Crippen LogP contribution in [0.3, 0.4) is 0 Å². The molecule has 2 aliphatic heterocycles. The molecule has 8 nitrogen and oxygen atoms in total. The average Bonchev–Trinajstić information content (AvgIpc) is 3.26. The summed E-state index contributed by atoms with van der Waals surface area (Å²) in [4.78, 5) is 19.6. The number of amides is 1. The summed E-state index contributed by atoms with van der Waals surface area (Å²) >= 11 is 0. The Morgan fingerprint density at radius 2 is 1.97 bits per heavy atom. The quantitative estimate of drug-likeness (QED) is 0.574. The van der Waals surface area contributed by atoms with Crippen LogP contribution in [-0.4, -0.2) is 86.6 Å². The van der Waals surface area contributed by atoms with Gasteiger partial charge in [-0.25, -0.2) is 0 Å². The first-order chi connectivity index (χ1) is 16.2. The van der Waals surface area contributed by atoms with Crippen molar-refractivity contribution in [1.29, 1.82) is 0 Å². The van der Waals surface area contributed by atoms with Gasteiger partial charge < -0.3 is 23.8 Å². The van der Waals surface area contributed by atoms with E-state index in [4.69, 9.17) is 14.0 Å². The number of anilines is 1. The Balaban J connectivity index is 1.62. The van der Waals surface area contributed by atoms with Crippen molar-refractivity contribution in [1.82, 2.24) is 15.0 Å². The molecule has 2 saturated heterocycles. The van der Waals surface area contributed by atoms with E-state index in [-0.39, 0.29) is 12.5 Å². The molecule has 2 aliphatic rings. The topological polar surface area (TPSA) is 71.3 Å². The smallest absolute Gasteiger partial charge is 0.248 e. The molecule has 1 atom stereocenters. The number of methoxy groups -OCH3 is 1. The monoisotopic (exact) mass is 456 g/mol. The van der Waals surface area contributed by atoms with Gasteiger partial charge in [-0.1, -0.05) is 35.5 Å². The average molecular weight is 457 g/mol. The zero-order chi connectivity index (χ0) is 23.0. The zero-order valence-corrected chi connectivity index (χ0v) is 19.9. The lowest BCUT2D eigenvalue weighted by Crippen LogP contribution is -2.44. The van der Waals surface area contributed by atoms with Gasteiger partial charge in [0, 0.05) is 51.4 Å². The van der Waals surface area contributed by atoms with Gasteiger partial charge in [0.15, 0.2) is 0 Å². The Morgan fingerprint density at radius 3 is 2.70 bits per heavy atom. The Morgan fingerprint density at radius 1 is 1.18 bits per heavy atom. The fraction of sp³-hybridized carbons (Fsp3) is 0.600. The van der Waals surface area contributed by atoms with Gasteiger partial charge in [-0.3, -0.25) is 9.69 Å². The third-order valence-electron chi connectivity index (χ3n) is 6.64. The number of hydrogen-bond acceptors (Lipinski definition) is 7. The molecule has 1 amide bonds. The van der Waals surface area contributed by atoms with E-state index in [0.29, 0.717) is 19.1 Å². The minimum absolute atomic E-state index is 0.0244. The number of carbonyl (C=O) groups excluding carboxylic acids is 1. The summed E-state index contributed by atoms with van der Waals surface area (Å²) in [5.41, 5.74) is 2.78. The largest absolute Gasteiger partial charge is 0.379 e. The van der Waals surface area contributed by atoms with Crippen molar-refractivity contribution in [2.24, 2.45) is 0 Å². The molecule has 2 fully saturated rings. The van der Waals surface area contributed by atoms with E-state index in [2.05, 4.69) is 21.9 Å². The lowest BCUT2D eigenvalue weighted by Gasteiger charge is -2.34. The molecule has 0 N–H and O–H groups in total. The number of carbonyl (C=O) groups is 1. The summed E-state index contributed by atoms with van der Waals surface area (Å²) < 4.78 is 16.6. The molecule has 33 heavy (non-hydrogen) atoms. The number of rotatable bonds is 9. The van der Waals surface area contributed by atoms with E-state index in [1.54, 1.807) is 7.11 Å². The number of aromatic nitrogens is 1. The summed E-state index contributed by atoms with van der Waals surface area (Å²) in [5.74, 6) is 0.770. The molecule has 0 unspecified atom stereocenters. The molecule has 0 saturated carbocycles. The first-order valence-electron chi connectivity index (χ1n) is 12.0. The SMILES string of the molecule is COCC(=O)N(CCN1CCOCC1)Cc1c(-c2ccccc2)noc1N1CCCC[C@H]1C. The molecular formula is C25H36N4O4. The van der Waals surface area contributed by atoms with Crippen LogP contribution in [0.2, 0.25) is 0 Å². The van der Waals surface area contributed by atoms with Crippen molar-refractivity contribution < 1.29 is 18.8 Å². The van der Waals surface area contributed by atoms with Gasteiger partial charge >= 0.3 is 0 Å². The van der Waals surface area contributed by atoms with Crippen LogP contribution in [0.15, 0.2) is 34.9 Å². The maximum Gasteiger partial charge on any atom is 0.248 e. The number of hydrogen-bond donors (Lipinski definition) is 0. The molecule has 4 rings (SSSR count). The van der Waals surface area contributed by atoms with Gasteiger partial charge in [-0.2, -0.15) is 0 Å². The Bertz CT molecular complexity index is 882. The van der Waals surface area contributed by atoms with Crippen molar-refractivity contribution >= 4 is 11.8 Å². The Kier molecular flexibility index (Phi) is 8.36. The van der Waals surface area contributed by atoms with Crippen LogP contribution < -0.4 is 4.90 Å². The second kappa shape index (κ2) is 11.6. The lowest BCUT2D eigenvalue weighted by atomic mass is 10.0. The second-order valence-electron chi connectivity index (χ2n) is 8.92. The number of morpholine rings is 1. The molecule has 0 spiro atoms. The summed E-state index contributed by atoms with van der Waals surface area (Å²) in [6.07, 6.45) is 3.49. The second-order valence-corrected chi connectivity index (χ2v) is 8.92. The normalized spacial score (nSPS) is 19.6. The molecule has 3 heterocycles. The van der Waals surface area contributed by atoms with Gasteiger partial charge in [0.05, 0.1) is 25.3 Å². The molecule has 8 heteroatoms. The van der Waals surface area contributed by atoms with Crippen LogP contribution in [0, 0.1) is 0 Å². The van der Waals surface area contributed by atoms with Crippen molar-refractivity contribution in [2.75, 3.05) is 64.6 Å². The number of benzene rings is 1. The fourth-order valence-electron chi connectivity index (χ4n) is 4.68. The van der Waals surface area contributed by atoms with Crippen molar-refractivity contribution in [2.45, 2.75) is 38.8 Å². The Hall–Kier alpha value is -2.42. The highest BCUT2D eigenvalue weighted by Crippen LogP contribution is 2.35. The van der Waals surface area contributed by atoms with Crippen LogP contribution in [0.1, 0.15) is 31.7 Å². The molecule has 1 aromatic carbocycles. The van der Waals surface area contributed by atoms with Gasteiger partial charge in [0.1, 0.15) is 12.3 Å². The van der Waals surface area contributed by atoms with E-state index in [0.717, 1.165) is 74.9 Å². The zero-order valence-electron chi connectivity index (χ0n) is 19.9. The molecular weight excluding hydrogens is 420 g/mol. The first kappa shape index (κ1) is 23.7. The summed E-state index contributed by atoms with van der Waals surface area (Å²) in [6.45, 7) is 8.38. The number of nitrogens with zero attached hydrogens (tertiary/aromatic N) is 4. The van der Waals surface area contributed by atoms with Gasteiger partial charge in [0.2, 0.25) is 11.8 Å². The highest BCUT2D eigenvalue weighted by atomic mass is 16.5. The number of ether oxygens (including phenoxy) is 2. The highest BCUT2D eigenvalue weighted by Gasteiger charge is 2.30. The van der Waals surface area contributed by atoms with E-state index in [1.807, 2.05) is 35.2 Å². The maximum atomic E-state index is 13.0. The molecule has 180 valence electrons. The minimum atomic E-state index is -0.0244. The predicted octanol–water partition coefficient (Wildman–Crippen LogP) is 3.03. The lowest BCUT2D eigenvalue weighted by molar-refractivity contribution is -0.136.